The van der Waals surface area contributed by atoms with E-state index < -0.39 is 23.2 Å². The van der Waals surface area contributed by atoms with Crippen LogP contribution in [0.3, 0.4) is 0 Å². The summed E-state index contributed by atoms with van der Waals surface area (Å²) in [6.45, 7) is 7.19. The number of carbonyl (C=O) groups excluding carboxylic acids is 1. The maximum absolute atomic E-state index is 13.4. The Balaban J connectivity index is 2.42. The number of anilines is 2. The molecule has 25 heavy (non-hydrogen) atoms. The van der Waals surface area contributed by atoms with Gasteiger partial charge in [0, 0.05) is 11.8 Å². The van der Waals surface area contributed by atoms with Gasteiger partial charge in [0.1, 0.15) is 6.20 Å². The van der Waals surface area contributed by atoms with E-state index >= 15 is 0 Å². The molecule has 2 aromatic rings. The summed E-state index contributed by atoms with van der Waals surface area (Å²) in [5.74, 6) is -0.608. The number of halogens is 3. The van der Waals surface area contributed by atoms with E-state index in [1.54, 1.807) is 26.0 Å². The molecule has 1 heterocycles. The molecule has 3 N–H and O–H groups in total. The van der Waals surface area contributed by atoms with Crippen molar-refractivity contribution in [2.24, 2.45) is 0 Å². The van der Waals surface area contributed by atoms with Crippen LogP contribution in [0.15, 0.2) is 30.5 Å². The van der Waals surface area contributed by atoms with Crippen LogP contribution in [-0.2, 0) is 6.18 Å². The molecule has 7 heteroatoms. The number of para-hydroxylation sites is 1. The van der Waals surface area contributed by atoms with Crippen LogP contribution < -0.4 is 15.6 Å². The van der Waals surface area contributed by atoms with Crippen LogP contribution in [0.2, 0.25) is 0 Å². The smallest absolute Gasteiger partial charge is 0.321 e. The molecule has 2 rings (SSSR count). The molecule has 0 fully saturated rings. The van der Waals surface area contributed by atoms with Gasteiger partial charge >= 0.3 is 6.18 Å². The lowest BCUT2D eigenvalue weighted by atomic mass is 10.1. The van der Waals surface area contributed by atoms with E-state index in [0.29, 0.717) is 5.69 Å². The Hall–Kier alpha value is -2.57. The molecule has 0 aliphatic rings. The maximum Gasteiger partial charge on any atom is 0.417 e. The van der Waals surface area contributed by atoms with Crippen molar-refractivity contribution < 1.29 is 22.9 Å². The van der Waals surface area contributed by atoms with Crippen LogP contribution in [0.25, 0.3) is 0 Å². The molecule has 1 aromatic heterocycles. The van der Waals surface area contributed by atoms with Crippen molar-refractivity contribution in [1.29, 1.82) is 0 Å². The molecule has 134 valence electrons. The lowest BCUT2D eigenvalue weighted by Crippen LogP contribution is -2.26. The molecule has 0 spiro atoms. The molecule has 0 bridgehead atoms. The number of amides is 1. The Morgan fingerprint density at radius 3 is 2.28 bits per heavy atom. The monoisotopic (exact) mass is 352 g/mol. The van der Waals surface area contributed by atoms with Gasteiger partial charge in [-0.3, -0.25) is 10.1 Å². The number of aryl methyl sites for hydroxylation is 2. The van der Waals surface area contributed by atoms with Crippen molar-refractivity contribution in [3.8, 4) is 0 Å². The molecular formula is C18H21F3N3O+. The first-order chi connectivity index (χ1) is 11.6. The third-order valence-electron chi connectivity index (χ3n) is 3.66. The first-order valence-electron chi connectivity index (χ1n) is 7.86. The normalized spacial score (nSPS) is 11.5. The highest BCUT2D eigenvalue weighted by atomic mass is 19.4. The Labute approximate surface area is 144 Å². The first kappa shape index (κ1) is 18.8. The second-order valence-electron chi connectivity index (χ2n) is 6.19. The van der Waals surface area contributed by atoms with Crippen molar-refractivity contribution in [1.82, 2.24) is 0 Å². The zero-order chi connectivity index (χ0) is 18.8. The van der Waals surface area contributed by atoms with E-state index in [0.717, 1.165) is 23.4 Å². The summed E-state index contributed by atoms with van der Waals surface area (Å²) in [6, 6.07) is 6.26. The molecular weight excluding hydrogens is 331 g/mol. The molecule has 1 amide bonds. The number of H-pyrrole nitrogens is 1. The molecule has 0 saturated carbocycles. The fourth-order valence-electron chi connectivity index (χ4n) is 2.50. The highest BCUT2D eigenvalue weighted by molar-refractivity contribution is 6.06. The van der Waals surface area contributed by atoms with Gasteiger partial charge in [-0.15, -0.1) is 0 Å². The van der Waals surface area contributed by atoms with E-state index in [-0.39, 0.29) is 11.9 Å². The maximum atomic E-state index is 13.4. The molecule has 0 atom stereocenters. The van der Waals surface area contributed by atoms with Crippen LogP contribution in [0.5, 0.6) is 0 Å². The average molecular weight is 352 g/mol. The van der Waals surface area contributed by atoms with Crippen LogP contribution in [0, 0.1) is 13.8 Å². The van der Waals surface area contributed by atoms with Gasteiger partial charge in [0.05, 0.1) is 17.2 Å². The highest BCUT2D eigenvalue weighted by Crippen LogP contribution is 2.33. The summed E-state index contributed by atoms with van der Waals surface area (Å²) >= 11 is 0. The SMILES string of the molecule is Cc1cccc(C)c1NC(=O)c1c[nH+]c(NC(C)C)cc1C(F)(F)F. The molecule has 0 aliphatic carbocycles. The number of carbonyl (C=O) groups is 1. The Morgan fingerprint density at radius 2 is 1.76 bits per heavy atom. The Kier molecular flexibility index (Phi) is 5.35. The van der Waals surface area contributed by atoms with Crippen molar-refractivity contribution in [2.75, 3.05) is 10.6 Å². The summed E-state index contributed by atoms with van der Waals surface area (Å²) < 4.78 is 40.2. The number of hydrogen-bond acceptors (Lipinski definition) is 2. The number of alkyl halides is 3. The second kappa shape index (κ2) is 7.13. The largest absolute Gasteiger partial charge is 0.417 e. The van der Waals surface area contributed by atoms with Crippen LogP contribution in [-0.4, -0.2) is 11.9 Å². The van der Waals surface area contributed by atoms with Crippen molar-refractivity contribution in [2.45, 2.75) is 39.9 Å². The van der Waals surface area contributed by atoms with Crippen molar-refractivity contribution >= 4 is 17.4 Å². The molecule has 0 aliphatic heterocycles. The average Bonchev–Trinajstić information content (AvgIpc) is 2.49. The van der Waals surface area contributed by atoms with Gasteiger partial charge in [-0.2, -0.15) is 13.2 Å². The molecule has 0 radical (unpaired) electrons. The third kappa shape index (κ3) is 4.49. The van der Waals surface area contributed by atoms with Gasteiger partial charge < -0.3 is 5.32 Å². The number of hydrogen-bond donors (Lipinski definition) is 2. The van der Waals surface area contributed by atoms with E-state index in [2.05, 4.69) is 15.6 Å². The minimum absolute atomic E-state index is 0.0494. The van der Waals surface area contributed by atoms with E-state index in [9.17, 15) is 18.0 Å². The van der Waals surface area contributed by atoms with E-state index in [1.165, 1.54) is 0 Å². The third-order valence-corrected chi connectivity index (χ3v) is 3.66. The van der Waals surface area contributed by atoms with Gasteiger partial charge in [-0.1, -0.05) is 18.2 Å². The van der Waals surface area contributed by atoms with Crippen molar-refractivity contribution in [3.63, 3.8) is 0 Å². The zero-order valence-electron chi connectivity index (χ0n) is 14.5. The summed E-state index contributed by atoms with van der Waals surface area (Å²) in [6.07, 6.45) is -3.56. The molecule has 0 saturated heterocycles. The Morgan fingerprint density at radius 1 is 1.16 bits per heavy atom. The van der Waals surface area contributed by atoms with Crippen molar-refractivity contribution in [3.05, 3.63) is 52.7 Å². The Bertz CT molecular complexity index is 765. The molecule has 4 nitrogen and oxygen atoms in total. The minimum Gasteiger partial charge on any atom is -0.321 e. The van der Waals surface area contributed by atoms with Gasteiger partial charge in [0.25, 0.3) is 11.7 Å². The number of aromatic nitrogens is 1. The number of rotatable bonds is 4. The van der Waals surface area contributed by atoms with Gasteiger partial charge in [-0.25, -0.2) is 4.98 Å². The molecule has 0 unspecified atom stereocenters. The first-order valence-corrected chi connectivity index (χ1v) is 7.86. The predicted octanol–water partition coefficient (Wildman–Crippen LogP) is 4.21. The lowest BCUT2D eigenvalue weighted by Gasteiger charge is -2.15. The number of pyridine rings is 1. The zero-order valence-corrected chi connectivity index (χ0v) is 14.5. The fourth-order valence-corrected chi connectivity index (χ4v) is 2.50. The minimum atomic E-state index is -4.64. The summed E-state index contributed by atoms with van der Waals surface area (Å²) in [7, 11) is 0. The van der Waals surface area contributed by atoms with Gasteiger partial charge in [0.15, 0.2) is 0 Å². The topological polar surface area (TPSA) is 55.3 Å². The summed E-state index contributed by atoms with van der Waals surface area (Å²) in [5, 5.41) is 5.45. The lowest BCUT2D eigenvalue weighted by molar-refractivity contribution is -0.362. The van der Waals surface area contributed by atoms with Gasteiger partial charge in [-0.05, 0) is 38.8 Å². The number of nitrogens with one attached hydrogen (secondary N) is 3. The highest BCUT2D eigenvalue weighted by Gasteiger charge is 2.37. The fraction of sp³-hybridized carbons (Fsp3) is 0.333. The molecule has 1 aromatic carbocycles. The summed E-state index contributed by atoms with van der Waals surface area (Å²) in [5.41, 5.74) is 0.639. The predicted molar refractivity (Wildman–Crippen MR) is 90.6 cm³/mol. The van der Waals surface area contributed by atoms with Gasteiger partial charge in [0.2, 0.25) is 0 Å². The van der Waals surface area contributed by atoms with Crippen LogP contribution >= 0.6 is 0 Å². The van der Waals surface area contributed by atoms with Crippen LogP contribution in [0.1, 0.15) is 40.9 Å². The number of benzene rings is 1. The second-order valence-corrected chi connectivity index (χ2v) is 6.19. The standard InChI is InChI=1S/C18H20F3N3O/c1-10(2)23-15-8-14(18(19,20)21)13(9-22-15)17(25)24-16-11(3)6-5-7-12(16)4/h5-10H,1-4H3,(H,22,23)(H,24,25)/p+1. The quantitative estimate of drug-likeness (QED) is 0.866. The number of aromatic amines is 1. The van der Waals surface area contributed by atoms with Crippen LogP contribution in [0.4, 0.5) is 24.7 Å². The van der Waals surface area contributed by atoms with E-state index in [4.69, 9.17) is 0 Å². The summed E-state index contributed by atoms with van der Waals surface area (Å²) in [4.78, 5) is 15.2. The van der Waals surface area contributed by atoms with E-state index in [1.807, 2.05) is 19.9 Å².